The van der Waals surface area contributed by atoms with Crippen molar-refractivity contribution in [3.63, 3.8) is 0 Å². The Labute approximate surface area is 177 Å². The highest BCUT2D eigenvalue weighted by Gasteiger charge is 2.34. The second-order valence-corrected chi connectivity index (χ2v) is 7.50. The van der Waals surface area contributed by atoms with Gasteiger partial charge < -0.3 is 10.0 Å². The average molecular weight is 448 g/mol. The minimum absolute atomic E-state index is 0.0433. The number of carbonyl (C=O) groups excluding carboxylic acids is 2. The number of likely N-dealkylation sites (N-methyl/N-ethyl adjacent to an activating group) is 1. The van der Waals surface area contributed by atoms with Gasteiger partial charge in [-0.3, -0.25) is 25.6 Å². The van der Waals surface area contributed by atoms with E-state index in [4.69, 9.17) is 5.11 Å². The molecule has 1 aliphatic carbocycles. The Hall–Kier alpha value is -2.67. The molecule has 2 rings (SSSR count). The highest BCUT2D eigenvalue weighted by atomic mass is 19.4. The number of halogens is 3. The maximum atomic E-state index is 13.2. The molecule has 0 saturated heterocycles. The lowest BCUT2D eigenvalue weighted by molar-refractivity contribution is -0.154. The number of hydrogen-bond acceptors (Lipinski definition) is 8. The van der Waals surface area contributed by atoms with E-state index in [1.807, 2.05) is 0 Å². The monoisotopic (exact) mass is 448 g/mol. The van der Waals surface area contributed by atoms with Gasteiger partial charge in [0.2, 0.25) is 18.3 Å². The van der Waals surface area contributed by atoms with Gasteiger partial charge in [-0.2, -0.15) is 18.2 Å². The summed E-state index contributed by atoms with van der Waals surface area (Å²) in [6.45, 7) is -0.498. The van der Waals surface area contributed by atoms with Crippen molar-refractivity contribution in [2.24, 2.45) is 11.8 Å². The van der Waals surface area contributed by atoms with Gasteiger partial charge in [0.05, 0.1) is 19.1 Å². The lowest BCUT2D eigenvalue weighted by Gasteiger charge is -2.23. The molecule has 0 aromatic carbocycles. The van der Waals surface area contributed by atoms with Crippen LogP contribution in [0.15, 0.2) is 6.07 Å². The van der Waals surface area contributed by atoms with E-state index < -0.39 is 29.6 Å². The molecule has 1 heterocycles. The molecule has 31 heavy (non-hydrogen) atoms. The van der Waals surface area contributed by atoms with Gasteiger partial charge in [0.15, 0.2) is 5.69 Å². The van der Waals surface area contributed by atoms with Crippen molar-refractivity contribution in [2.75, 3.05) is 37.1 Å². The third kappa shape index (κ3) is 7.51. The van der Waals surface area contributed by atoms with Crippen LogP contribution in [0.25, 0.3) is 0 Å². The van der Waals surface area contributed by atoms with Crippen molar-refractivity contribution in [2.45, 2.75) is 38.3 Å². The number of aliphatic hydroxyl groups excluding tert-OH is 1. The van der Waals surface area contributed by atoms with E-state index in [1.165, 1.54) is 11.9 Å². The third-order valence-electron chi connectivity index (χ3n) is 5.12. The fraction of sp³-hybridized carbons (Fsp3) is 0.667. The van der Waals surface area contributed by atoms with E-state index in [9.17, 15) is 28.0 Å². The van der Waals surface area contributed by atoms with Gasteiger partial charge in [-0.05, 0) is 12.3 Å². The minimum atomic E-state index is -4.75. The summed E-state index contributed by atoms with van der Waals surface area (Å²) in [5.41, 5.74) is 3.35. The van der Waals surface area contributed by atoms with Gasteiger partial charge in [0, 0.05) is 19.7 Å². The highest BCUT2D eigenvalue weighted by Crippen LogP contribution is 2.31. The van der Waals surface area contributed by atoms with Gasteiger partial charge in [-0.25, -0.2) is 10.0 Å². The van der Waals surface area contributed by atoms with Crippen LogP contribution in [-0.2, 0) is 15.8 Å². The van der Waals surface area contributed by atoms with Gasteiger partial charge in [-0.15, -0.1) is 0 Å². The number of rotatable bonds is 11. The standard InChI is InChI=1S/C18H27F3N6O4/c1-26(6-7-28)15-9-14(18(19,20)21)22-17(23-15)25-24-16(30)13(10-27(31)11-29)8-12-4-2-3-5-12/h9,11-13,28,31H,2-8,10H2,1H3,(H,24,30)(H,22,23,25)/t13-/m1/s1. The van der Waals surface area contributed by atoms with Crippen molar-refractivity contribution >= 4 is 24.1 Å². The molecule has 1 aliphatic rings. The molecule has 13 heteroatoms. The summed E-state index contributed by atoms with van der Waals surface area (Å²) in [5.74, 6) is -1.71. The predicted octanol–water partition coefficient (Wildman–Crippen LogP) is 1.41. The smallest absolute Gasteiger partial charge is 0.395 e. The van der Waals surface area contributed by atoms with E-state index in [-0.39, 0.29) is 37.8 Å². The van der Waals surface area contributed by atoms with Crippen molar-refractivity contribution in [3.8, 4) is 0 Å². The van der Waals surface area contributed by atoms with Crippen LogP contribution in [0.3, 0.4) is 0 Å². The molecule has 1 fully saturated rings. The van der Waals surface area contributed by atoms with Crippen molar-refractivity contribution in [1.29, 1.82) is 0 Å². The zero-order chi connectivity index (χ0) is 23.0. The lowest BCUT2D eigenvalue weighted by atomic mass is 9.92. The van der Waals surface area contributed by atoms with E-state index in [2.05, 4.69) is 20.8 Å². The summed E-state index contributed by atoms with van der Waals surface area (Å²) < 4.78 is 39.6. The van der Waals surface area contributed by atoms with Crippen LogP contribution in [-0.4, -0.2) is 64.4 Å². The molecule has 174 valence electrons. The Bertz CT molecular complexity index is 745. The average Bonchev–Trinajstić information content (AvgIpc) is 3.23. The van der Waals surface area contributed by atoms with Crippen molar-refractivity contribution < 1.29 is 33.1 Å². The van der Waals surface area contributed by atoms with E-state index in [0.29, 0.717) is 11.5 Å². The summed E-state index contributed by atoms with van der Waals surface area (Å²) in [6.07, 6.45) is -0.202. The molecule has 2 amide bonds. The maximum Gasteiger partial charge on any atom is 0.433 e. The fourth-order valence-electron chi connectivity index (χ4n) is 3.50. The van der Waals surface area contributed by atoms with Gasteiger partial charge >= 0.3 is 6.18 Å². The topological polar surface area (TPSA) is 131 Å². The van der Waals surface area contributed by atoms with E-state index in [1.54, 1.807) is 0 Å². The number of aromatic nitrogens is 2. The van der Waals surface area contributed by atoms with Crippen LogP contribution in [0.1, 0.15) is 37.8 Å². The first-order chi connectivity index (χ1) is 14.6. The van der Waals surface area contributed by atoms with Crippen LogP contribution in [0.5, 0.6) is 0 Å². The normalized spacial score (nSPS) is 15.4. The molecule has 4 N–H and O–H groups in total. The second-order valence-electron chi connectivity index (χ2n) is 7.50. The van der Waals surface area contributed by atoms with Gasteiger partial charge in [0.25, 0.3) is 0 Å². The summed E-state index contributed by atoms with van der Waals surface area (Å²) in [4.78, 5) is 32.0. The van der Waals surface area contributed by atoms with Crippen LogP contribution < -0.4 is 15.8 Å². The second kappa shape index (κ2) is 11.1. The molecular formula is C18H27F3N6O4. The first-order valence-electron chi connectivity index (χ1n) is 9.89. The molecule has 0 aliphatic heterocycles. The zero-order valence-electron chi connectivity index (χ0n) is 17.1. The number of nitrogens with one attached hydrogen (secondary N) is 2. The first kappa shape index (κ1) is 24.6. The molecule has 0 radical (unpaired) electrons. The number of carbonyl (C=O) groups is 2. The van der Waals surface area contributed by atoms with Crippen LogP contribution >= 0.6 is 0 Å². The van der Waals surface area contributed by atoms with Gasteiger partial charge in [0.1, 0.15) is 5.82 Å². The largest absolute Gasteiger partial charge is 0.433 e. The Morgan fingerprint density at radius 2 is 2.03 bits per heavy atom. The number of anilines is 2. The Morgan fingerprint density at radius 1 is 1.35 bits per heavy atom. The summed E-state index contributed by atoms with van der Waals surface area (Å²) in [6, 6.07) is 0.735. The third-order valence-corrected chi connectivity index (χ3v) is 5.12. The van der Waals surface area contributed by atoms with Crippen molar-refractivity contribution in [1.82, 2.24) is 20.5 Å². The highest BCUT2D eigenvalue weighted by molar-refractivity contribution is 5.80. The minimum Gasteiger partial charge on any atom is -0.395 e. The molecule has 1 saturated carbocycles. The van der Waals surface area contributed by atoms with Crippen LogP contribution in [0, 0.1) is 11.8 Å². The number of amides is 2. The van der Waals surface area contributed by atoms with E-state index >= 15 is 0 Å². The molecule has 1 aromatic heterocycles. The predicted molar refractivity (Wildman–Crippen MR) is 104 cm³/mol. The van der Waals surface area contributed by atoms with Crippen LogP contribution in [0.2, 0.25) is 0 Å². The molecule has 0 bridgehead atoms. The first-order valence-corrected chi connectivity index (χ1v) is 9.89. The number of alkyl halides is 3. The molecule has 1 atom stereocenters. The number of nitrogens with zero attached hydrogens (tertiary/aromatic N) is 4. The number of hydrazine groups is 1. The Kier molecular flexibility index (Phi) is 8.80. The van der Waals surface area contributed by atoms with Crippen molar-refractivity contribution in [3.05, 3.63) is 11.8 Å². The zero-order valence-corrected chi connectivity index (χ0v) is 17.1. The van der Waals surface area contributed by atoms with Crippen LogP contribution in [0.4, 0.5) is 24.9 Å². The lowest BCUT2D eigenvalue weighted by Crippen LogP contribution is -2.41. The molecular weight excluding hydrogens is 421 g/mol. The molecule has 1 aromatic rings. The number of hydroxylamine groups is 2. The summed E-state index contributed by atoms with van der Waals surface area (Å²) >= 11 is 0. The maximum absolute atomic E-state index is 13.2. The number of hydrogen-bond donors (Lipinski definition) is 4. The Morgan fingerprint density at radius 3 is 2.61 bits per heavy atom. The van der Waals surface area contributed by atoms with Gasteiger partial charge in [-0.1, -0.05) is 25.7 Å². The molecule has 0 spiro atoms. The Balaban J connectivity index is 2.14. The fourth-order valence-corrected chi connectivity index (χ4v) is 3.50. The quantitative estimate of drug-likeness (QED) is 0.227. The number of aliphatic hydroxyl groups is 1. The summed E-state index contributed by atoms with van der Waals surface area (Å²) in [7, 11) is 1.45. The molecule has 10 nitrogen and oxygen atoms in total. The molecule has 0 unspecified atom stereocenters. The van der Waals surface area contributed by atoms with E-state index in [0.717, 1.165) is 31.7 Å². The SMILES string of the molecule is CN(CCO)c1cc(C(F)(F)F)nc(NNC(=O)[C@H](CC2CCCC2)CN(O)C=O)n1. The summed E-state index contributed by atoms with van der Waals surface area (Å²) in [5, 5.41) is 18.9.